The molecule has 0 saturated heterocycles. The maximum absolute atomic E-state index is 12.9. The van der Waals surface area contributed by atoms with Crippen LogP contribution in [-0.4, -0.2) is 43.6 Å². The van der Waals surface area contributed by atoms with Crippen molar-refractivity contribution in [2.24, 2.45) is 5.10 Å². The van der Waals surface area contributed by atoms with Gasteiger partial charge in [-0.1, -0.05) is 37.6 Å². The van der Waals surface area contributed by atoms with Gasteiger partial charge in [-0.15, -0.1) is 0 Å². The van der Waals surface area contributed by atoms with E-state index in [1.54, 1.807) is 54.6 Å². The molecule has 0 saturated carbocycles. The first kappa shape index (κ1) is 32.9. The number of hydrogen-bond donors (Lipinski definition) is 3. The van der Waals surface area contributed by atoms with Crippen molar-refractivity contribution in [1.82, 2.24) is 5.43 Å². The van der Waals surface area contributed by atoms with Crippen LogP contribution in [0, 0.1) is 6.92 Å². The molecule has 4 aromatic carbocycles. The zero-order chi connectivity index (χ0) is 32.9. The Morgan fingerprint density at radius 2 is 1.61 bits per heavy atom. The Hall–Kier alpha value is -5.97. The summed E-state index contributed by atoms with van der Waals surface area (Å²) in [6.07, 6.45) is 3.26. The Kier molecular flexibility index (Phi) is 11.6. The van der Waals surface area contributed by atoms with Crippen molar-refractivity contribution >= 4 is 41.3 Å². The fraction of sp³-hybridized carbons (Fsp3) is 0.171. The number of carbonyl (C=O) groups excluding carboxylic acids is 4. The normalized spacial score (nSPS) is 10.6. The van der Waals surface area contributed by atoms with Crippen LogP contribution in [0.4, 0.5) is 11.4 Å². The summed E-state index contributed by atoms with van der Waals surface area (Å²) in [6, 6.07) is 24.9. The first-order valence-electron chi connectivity index (χ1n) is 14.5. The molecule has 0 aromatic heterocycles. The van der Waals surface area contributed by atoms with Crippen LogP contribution in [-0.2, 0) is 9.59 Å². The van der Waals surface area contributed by atoms with Crippen LogP contribution in [0.1, 0.15) is 51.6 Å². The van der Waals surface area contributed by atoms with Crippen molar-refractivity contribution in [1.29, 1.82) is 0 Å². The number of methoxy groups -OCH3 is 1. The van der Waals surface area contributed by atoms with Gasteiger partial charge in [0.2, 0.25) is 0 Å². The van der Waals surface area contributed by atoms with Gasteiger partial charge in [0.25, 0.3) is 5.91 Å². The van der Waals surface area contributed by atoms with Gasteiger partial charge in [-0.25, -0.2) is 10.2 Å². The summed E-state index contributed by atoms with van der Waals surface area (Å²) in [7, 11) is 1.42. The average molecular weight is 623 g/mol. The van der Waals surface area contributed by atoms with Crippen molar-refractivity contribution in [3.63, 3.8) is 0 Å². The number of amides is 3. The van der Waals surface area contributed by atoms with E-state index >= 15 is 0 Å². The summed E-state index contributed by atoms with van der Waals surface area (Å²) in [6.45, 7) is 4.59. The standard InChI is InChI=1S/C35H34N4O7/c1-4-5-19-45-27-16-14-25(15-17-27)35(43)46-30-18-13-24(21-31(30)44-3)22-36-39-34(42)33(41)38-29-12-7-6-11-28(29)32(40)37-26-10-8-9-23(2)20-26/h6-18,20-22H,4-5,19H2,1-3H3,(H,37,40)(H,38,41)(H,39,42)/b36-22+. The number of hydrazone groups is 1. The van der Waals surface area contributed by atoms with Crippen molar-refractivity contribution in [2.45, 2.75) is 26.7 Å². The molecule has 0 aliphatic heterocycles. The van der Waals surface area contributed by atoms with E-state index in [2.05, 4.69) is 28.1 Å². The molecule has 11 heteroatoms. The third kappa shape index (κ3) is 9.26. The van der Waals surface area contributed by atoms with Crippen LogP contribution >= 0.6 is 0 Å². The van der Waals surface area contributed by atoms with E-state index in [-0.39, 0.29) is 22.7 Å². The number of nitrogens with zero attached hydrogens (tertiary/aromatic N) is 1. The summed E-state index contributed by atoms with van der Waals surface area (Å²) in [5, 5.41) is 9.06. The topological polar surface area (TPSA) is 144 Å². The van der Waals surface area contributed by atoms with Crippen molar-refractivity contribution < 1.29 is 33.4 Å². The molecule has 4 aromatic rings. The van der Waals surface area contributed by atoms with E-state index in [4.69, 9.17) is 14.2 Å². The van der Waals surface area contributed by atoms with E-state index in [1.165, 1.54) is 31.5 Å². The third-order valence-corrected chi connectivity index (χ3v) is 6.53. The van der Waals surface area contributed by atoms with Gasteiger partial charge in [0, 0.05) is 5.69 Å². The highest BCUT2D eigenvalue weighted by Gasteiger charge is 2.18. The molecule has 46 heavy (non-hydrogen) atoms. The summed E-state index contributed by atoms with van der Waals surface area (Å²) in [4.78, 5) is 50.5. The van der Waals surface area contributed by atoms with E-state index < -0.39 is 23.7 Å². The average Bonchev–Trinajstić information content (AvgIpc) is 3.06. The molecular weight excluding hydrogens is 588 g/mol. The largest absolute Gasteiger partial charge is 0.494 e. The Morgan fingerprint density at radius 3 is 2.35 bits per heavy atom. The molecule has 0 radical (unpaired) electrons. The van der Waals surface area contributed by atoms with Gasteiger partial charge in [-0.2, -0.15) is 5.10 Å². The Bertz CT molecular complexity index is 1740. The number of unbranched alkanes of at least 4 members (excludes halogenated alkanes) is 1. The Labute approximate surface area is 266 Å². The molecule has 0 heterocycles. The number of anilines is 2. The van der Waals surface area contributed by atoms with Gasteiger partial charge in [0.15, 0.2) is 11.5 Å². The van der Waals surface area contributed by atoms with Crippen LogP contribution in [0.25, 0.3) is 0 Å². The molecule has 0 unspecified atom stereocenters. The highest BCUT2D eigenvalue weighted by Crippen LogP contribution is 2.28. The Balaban J connectivity index is 1.33. The molecule has 236 valence electrons. The molecule has 3 N–H and O–H groups in total. The van der Waals surface area contributed by atoms with Crippen LogP contribution in [0.15, 0.2) is 96.1 Å². The minimum Gasteiger partial charge on any atom is -0.494 e. The molecule has 0 atom stereocenters. The number of hydrogen-bond acceptors (Lipinski definition) is 8. The maximum atomic E-state index is 12.9. The minimum absolute atomic E-state index is 0.155. The number of esters is 1. The SMILES string of the molecule is CCCCOc1ccc(C(=O)Oc2ccc(/C=N/NC(=O)C(=O)Nc3ccccc3C(=O)Nc3cccc(C)c3)cc2OC)cc1. The predicted molar refractivity (Wildman–Crippen MR) is 175 cm³/mol. The third-order valence-electron chi connectivity index (χ3n) is 6.53. The number of benzene rings is 4. The van der Waals surface area contributed by atoms with Crippen molar-refractivity contribution in [2.75, 3.05) is 24.4 Å². The molecule has 0 spiro atoms. The van der Waals surface area contributed by atoms with Gasteiger partial charge in [0.05, 0.1) is 36.7 Å². The molecular formula is C35H34N4O7. The van der Waals surface area contributed by atoms with E-state index in [0.717, 1.165) is 18.4 Å². The summed E-state index contributed by atoms with van der Waals surface area (Å²) in [5.74, 6) is -2.00. The van der Waals surface area contributed by atoms with Gasteiger partial charge in [-0.3, -0.25) is 14.4 Å². The molecule has 0 bridgehead atoms. The van der Waals surface area contributed by atoms with Gasteiger partial charge in [-0.05, 0) is 91.2 Å². The van der Waals surface area contributed by atoms with Crippen LogP contribution < -0.4 is 30.3 Å². The van der Waals surface area contributed by atoms with E-state index in [0.29, 0.717) is 29.2 Å². The van der Waals surface area contributed by atoms with Gasteiger partial charge >= 0.3 is 17.8 Å². The highest BCUT2D eigenvalue weighted by atomic mass is 16.6. The highest BCUT2D eigenvalue weighted by molar-refractivity contribution is 6.40. The lowest BCUT2D eigenvalue weighted by molar-refractivity contribution is -0.136. The zero-order valence-corrected chi connectivity index (χ0v) is 25.7. The van der Waals surface area contributed by atoms with Gasteiger partial charge in [0.1, 0.15) is 5.75 Å². The van der Waals surface area contributed by atoms with Gasteiger partial charge < -0.3 is 24.8 Å². The van der Waals surface area contributed by atoms with Crippen molar-refractivity contribution in [3.8, 4) is 17.2 Å². The maximum Gasteiger partial charge on any atom is 0.343 e. The zero-order valence-electron chi connectivity index (χ0n) is 25.7. The molecule has 0 fully saturated rings. The molecule has 4 rings (SSSR count). The number of para-hydroxylation sites is 1. The smallest absolute Gasteiger partial charge is 0.343 e. The second kappa shape index (κ2) is 16.2. The number of ether oxygens (including phenoxy) is 3. The first-order valence-corrected chi connectivity index (χ1v) is 14.5. The number of nitrogens with one attached hydrogen (secondary N) is 3. The molecule has 11 nitrogen and oxygen atoms in total. The lowest BCUT2D eigenvalue weighted by Gasteiger charge is -2.11. The Morgan fingerprint density at radius 1 is 0.826 bits per heavy atom. The van der Waals surface area contributed by atoms with Crippen LogP contribution in [0.3, 0.4) is 0 Å². The monoisotopic (exact) mass is 622 g/mol. The summed E-state index contributed by atoms with van der Waals surface area (Å²) >= 11 is 0. The van der Waals surface area contributed by atoms with Crippen LogP contribution in [0.2, 0.25) is 0 Å². The lowest BCUT2D eigenvalue weighted by Crippen LogP contribution is -2.33. The van der Waals surface area contributed by atoms with E-state index in [9.17, 15) is 19.2 Å². The second-order valence-corrected chi connectivity index (χ2v) is 10.0. The lowest BCUT2D eigenvalue weighted by atomic mass is 10.1. The summed E-state index contributed by atoms with van der Waals surface area (Å²) < 4.78 is 16.5. The van der Waals surface area contributed by atoms with E-state index in [1.807, 2.05) is 25.1 Å². The summed E-state index contributed by atoms with van der Waals surface area (Å²) in [5.41, 5.74) is 4.88. The molecule has 3 amide bonds. The fourth-order valence-electron chi connectivity index (χ4n) is 4.14. The van der Waals surface area contributed by atoms with Crippen molar-refractivity contribution in [3.05, 3.63) is 113 Å². The van der Waals surface area contributed by atoms with Crippen LogP contribution in [0.5, 0.6) is 17.2 Å². The molecule has 0 aliphatic carbocycles. The first-order chi connectivity index (χ1) is 22.3. The molecule has 0 aliphatic rings. The predicted octanol–water partition coefficient (Wildman–Crippen LogP) is 5.74. The number of aryl methyl sites for hydroxylation is 1. The number of rotatable bonds is 12. The minimum atomic E-state index is -1.05. The fourth-order valence-corrected chi connectivity index (χ4v) is 4.14. The number of carbonyl (C=O) groups is 4. The second-order valence-electron chi connectivity index (χ2n) is 10.0. The quantitative estimate of drug-likeness (QED) is 0.0456.